The van der Waals surface area contributed by atoms with Gasteiger partial charge in [-0.05, 0) is 30.7 Å². The molecule has 27 heavy (non-hydrogen) atoms. The number of hydrogen-bond donors (Lipinski definition) is 2. The molecule has 2 aromatic carbocycles. The quantitative estimate of drug-likeness (QED) is 0.716. The second kappa shape index (κ2) is 6.79. The Bertz CT molecular complexity index is 1050. The summed E-state index contributed by atoms with van der Waals surface area (Å²) in [4.78, 5) is 6.40. The van der Waals surface area contributed by atoms with Crippen molar-refractivity contribution < 1.29 is 9.84 Å². The summed E-state index contributed by atoms with van der Waals surface area (Å²) in [7, 11) is 1.90. The van der Waals surface area contributed by atoms with Crippen molar-refractivity contribution >= 4 is 28.1 Å². The number of para-hydroxylation sites is 4. The molecule has 0 saturated heterocycles. The molecule has 0 fully saturated rings. The number of rotatable bonds is 5. The van der Waals surface area contributed by atoms with Crippen LogP contribution in [0.3, 0.4) is 0 Å². The Labute approximate surface area is 157 Å². The Morgan fingerprint density at radius 2 is 1.89 bits per heavy atom. The van der Waals surface area contributed by atoms with E-state index in [4.69, 9.17) is 10.1 Å². The summed E-state index contributed by atoms with van der Waals surface area (Å²) in [6.45, 7) is 2.89. The van der Waals surface area contributed by atoms with E-state index in [2.05, 4.69) is 11.9 Å². The Morgan fingerprint density at radius 3 is 2.67 bits per heavy atom. The van der Waals surface area contributed by atoms with Gasteiger partial charge < -0.3 is 19.3 Å². The molecule has 0 spiro atoms. The van der Waals surface area contributed by atoms with E-state index in [0.29, 0.717) is 23.8 Å². The largest absolute Gasteiger partial charge is 0.509 e. The smallest absolute Gasteiger partial charge is 0.148 e. The first-order valence-corrected chi connectivity index (χ1v) is 9.04. The van der Waals surface area contributed by atoms with Gasteiger partial charge in [-0.15, -0.1) is 0 Å². The van der Waals surface area contributed by atoms with Crippen molar-refractivity contribution in [2.75, 3.05) is 18.1 Å². The maximum atomic E-state index is 10.7. The van der Waals surface area contributed by atoms with E-state index in [1.165, 1.54) is 0 Å². The molecule has 138 valence electrons. The molecule has 0 radical (unpaired) electrons. The highest BCUT2D eigenvalue weighted by atomic mass is 16.5. The van der Waals surface area contributed by atoms with Gasteiger partial charge in [0.25, 0.3) is 0 Å². The number of aliphatic hydroxyl groups is 1. The number of hydrogen-bond acceptors (Lipinski definition) is 4. The number of nitrogens with zero attached hydrogens (tertiary/aromatic N) is 3. The molecule has 6 nitrogen and oxygen atoms in total. The standard InChI is InChI=1S/C21H22N4O2/c1-3-12-27-18-11-7-6-10-16(18)25-13-17(26)19(20(25)22)21-23-14-8-4-5-9-15(14)24(21)2/h4-11,22,26H,3,12-13H2,1-2H3. The van der Waals surface area contributed by atoms with E-state index in [-0.39, 0.29) is 18.1 Å². The fourth-order valence-electron chi connectivity index (χ4n) is 3.40. The van der Waals surface area contributed by atoms with Crippen LogP contribution in [0.15, 0.2) is 54.3 Å². The summed E-state index contributed by atoms with van der Waals surface area (Å²) in [5, 5.41) is 19.4. The fourth-order valence-corrected chi connectivity index (χ4v) is 3.40. The fraction of sp³-hybridized carbons (Fsp3) is 0.238. The maximum absolute atomic E-state index is 10.7. The average molecular weight is 362 g/mol. The zero-order valence-electron chi connectivity index (χ0n) is 15.4. The highest BCUT2D eigenvalue weighted by molar-refractivity contribution is 6.30. The molecule has 0 unspecified atom stereocenters. The van der Waals surface area contributed by atoms with Gasteiger partial charge in [0.05, 0.1) is 35.4 Å². The van der Waals surface area contributed by atoms with Crippen LogP contribution in [-0.4, -0.2) is 33.6 Å². The summed E-state index contributed by atoms with van der Waals surface area (Å²) < 4.78 is 7.75. The number of amidine groups is 1. The van der Waals surface area contributed by atoms with Gasteiger partial charge in [0.15, 0.2) is 0 Å². The summed E-state index contributed by atoms with van der Waals surface area (Å²) in [6.07, 6.45) is 0.903. The normalized spacial score (nSPS) is 14.4. The third kappa shape index (κ3) is 2.83. The lowest BCUT2D eigenvalue weighted by Crippen LogP contribution is -2.27. The van der Waals surface area contributed by atoms with E-state index >= 15 is 0 Å². The molecular weight excluding hydrogens is 340 g/mol. The van der Waals surface area contributed by atoms with Crippen LogP contribution in [0.1, 0.15) is 19.2 Å². The van der Waals surface area contributed by atoms with Crippen LogP contribution in [-0.2, 0) is 7.05 Å². The average Bonchev–Trinajstić information content (AvgIpc) is 3.16. The highest BCUT2D eigenvalue weighted by Crippen LogP contribution is 2.36. The van der Waals surface area contributed by atoms with Crippen LogP contribution in [0.2, 0.25) is 0 Å². The van der Waals surface area contributed by atoms with Gasteiger partial charge in [0.2, 0.25) is 0 Å². The van der Waals surface area contributed by atoms with Crippen molar-refractivity contribution in [2.24, 2.45) is 7.05 Å². The van der Waals surface area contributed by atoms with Crippen LogP contribution in [0.4, 0.5) is 5.69 Å². The molecular formula is C21H22N4O2. The Hall–Kier alpha value is -3.28. The Balaban J connectivity index is 1.73. The van der Waals surface area contributed by atoms with Gasteiger partial charge in [0.1, 0.15) is 23.2 Å². The summed E-state index contributed by atoms with van der Waals surface area (Å²) in [6, 6.07) is 15.4. The minimum Gasteiger partial charge on any atom is -0.509 e. The number of aliphatic hydroxyl groups excluding tert-OH is 1. The number of fused-ring (bicyclic) bond motifs is 1. The van der Waals surface area contributed by atoms with Crippen molar-refractivity contribution in [3.05, 3.63) is 60.1 Å². The lowest BCUT2D eigenvalue weighted by atomic mass is 10.2. The SMILES string of the molecule is CCCOc1ccccc1N1CC(O)=C(c2nc3ccccc3n2C)C1=N. The van der Waals surface area contributed by atoms with Crippen molar-refractivity contribution in [1.29, 1.82) is 5.41 Å². The molecule has 3 aromatic rings. The van der Waals surface area contributed by atoms with Crippen molar-refractivity contribution in [2.45, 2.75) is 13.3 Å². The molecule has 0 atom stereocenters. The number of imidazole rings is 1. The van der Waals surface area contributed by atoms with Crippen LogP contribution >= 0.6 is 0 Å². The van der Waals surface area contributed by atoms with Gasteiger partial charge in [-0.3, -0.25) is 5.41 Å². The van der Waals surface area contributed by atoms with E-state index in [0.717, 1.165) is 23.1 Å². The predicted octanol–water partition coefficient (Wildman–Crippen LogP) is 4.13. The molecule has 1 aliphatic heterocycles. The number of nitrogens with one attached hydrogen (secondary N) is 1. The third-order valence-corrected chi connectivity index (χ3v) is 4.73. The van der Waals surface area contributed by atoms with E-state index in [9.17, 15) is 5.11 Å². The zero-order chi connectivity index (χ0) is 19.0. The van der Waals surface area contributed by atoms with Gasteiger partial charge in [-0.25, -0.2) is 4.98 Å². The number of anilines is 1. The molecule has 0 saturated carbocycles. The number of aromatic nitrogens is 2. The predicted molar refractivity (Wildman–Crippen MR) is 108 cm³/mol. The van der Waals surface area contributed by atoms with Crippen molar-refractivity contribution in [3.8, 4) is 5.75 Å². The molecule has 2 heterocycles. The lowest BCUT2D eigenvalue weighted by Gasteiger charge is -2.22. The first-order chi connectivity index (χ1) is 13.1. The Kier molecular flexibility index (Phi) is 4.32. The molecule has 1 aliphatic rings. The molecule has 0 aliphatic carbocycles. The minimum atomic E-state index is 0.142. The maximum Gasteiger partial charge on any atom is 0.148 e. The van der Waals surface area contributed by atoms with Crippen LogP contribution < -0.4 is 9.64 Å². The van der Waals surface area contributed by atoms with E-state index < -0.39 is 0 Å². The monoisotopic (exact) mass is 362 g/mol. The molecule has 6 heteroatoms. The van der Waals surface area contributed by atoms with Crippen LogP contribution in [0, 0.1) is 5.41 Å². The summed E-state index contributed by atoms with van der Waals surface area (Å²) in [5.74, 6) is 1.67. The van der Waals surface area contributed by atoms with E-state index in [1.54, 1.807) is 4.90 Å². The van der Waals surface area contributed by atoms with Gasteiger partial charge >= 0.3 is 0 Å². The third-order valence-electron chi connectivity index (χ3n) is 4.73. The lowest BCUT2D eigenvalue weighted by molar-refractivity contribution is 0.318. The number of ether oxygens (including phenoxy) is 1. The molecule has 0 bridgehead atoms. The van der Waals surface area contributed by atoms with Gasteiger partial charge in [-0.1, -0.05) is 31.2 Å². The minimum absolute atomic E-state index is 0.142. The van der Waals surface area contributed by atoms with Gasteiger partial charge in [0, 0.05) is 7.05 Å². The first kappa shape index (κ1) is 17.1. The summed E-state index contributed by atoms with van der Waals surface area (Å²) in [5.41, 5.74) is 3.04. The van der Waals surface area contributed by atoms with Crippen LogP contribution in [0.25, 0.3) is 16.6 Å². The van der Waals surface area contributed by atoms with Crippen molar-refractivity contribution in [3.63, 3.8) is 0 Å². The zero-order valence-corrected chi connectivity index (χ0v) is 15.4. The topological polar surface area (TPSA) is 74.4 Å². The molecule has 2 N–H and O–H groups in total. The first-order valence-electron chi connectivity index (χ1n) is 9.04. The highest BCUT2D eigenvalue weighted by Gasteiger charge is 2.33. The Morgan fingerprint density at radius 1 is 1.15 bits per heavy atom. The number of benzene rings is 2. The second-order valence-corrected chi connectivity index (χ2v) is 6.56. The molecule has 0 amide bonds. The number of aryl methyl sites for hydroxylation is 1. The second-order valence-electron chi connectivity index (χ2n) is 6.56. The van der Waals surface area contributed by atoms with Gasteiger partial charge in [-0.2, -0.15) is 0 Å². The molecule has 4 rings (SSSR count). The summed E-state index contributed by atoms with van der Waals surface area (Å²) >= 11 is 0. The van der Waals surface area contributed by atoms with E-state index in [1.807, 2.05) is 60.1 Å². The van der Waals surface area contributed by atoms with Crippen molar-refractivity contribution in [1.82, 2.24) is 9.55 Å². The van der Waals surface area contributed by atoms with Crippen LogP contribution in [0.5, 0.6) is 5.75 Å². The molecule has 1 aromatic heterocycles.